The molecule has 0 aliphatic heterocycles. The number of rotatable bonds is 1. The third kappa shape index (κ3) is 1.41. The molecule has 1 aromatic rings. The van der Waals surface area contributed by atoms with E-state index in [9.17, 15) is 9.32 Å². The second-order valence-electron chi connectivity index (χ2n) is 1.30. The molecule has 0 radical (unpaired) electrons. The van der Waals surface area contributed by atoms with E-state index in [1.54, 1.807) is 0 Å². The Morgan fingerprint density at radius 2 is 2.30 bits per heavy atom. The van der Waals surface area contributed by atoms with Gasteiger partial charge in [-0.15, -0.1) is 4.98 Å². The molecule has 1 aromatic heterocycles. The highest BCUT2D eigenvalue weighted by Crippen LogP contribution is 2.01. The Hall–Kier alpha value is -1.17. The molecule has 54 valence electrons. The van der Waals surface area contributed by atoms with Crippen molar-refractivity contribution in [2.75, 3.05) is 0 Å². The maximum absolute atomic E-state index is 11.2. The minimum absolute atomic E-state index is 0.271. The zero-order valence-corrected chi connectivity index (χ0v) is 5.22. The molecule has 10 heavy (non-hydrogen) atoms. The van der Waals surface area contributed by atoms with Crippen LogP contribution >= 0.6 is 11.6 Å². The van der Waals surface area contributed by atoms with Gasteiger partial charge < -0.3 is 0 Å². The van der Waals surface area contributed by atoms with Crippen molar-refractivity contribution in [2.24, 2.45) is 0 Å². The van der Waals surface area contributed by atoms with Crippen LogP contribution in [0.25, 0.3) is 0 Å². The molecule has 1 heterocycles. The summed E-state index contributed by atoms with van der Waals surface area (Å²) in [5.74, 6) is 0. The van der Waals surface area contributed by atoms with Gasteiger partial charge in [-0.1, -0.05) is 0 Å². The fraction of sp³-hybridized carbons (Fsp3) is 0. The predicted octanol–water partition coefficient (Wildman–Crippen LogP) is 0.0816. The summed E-state index contributed by atoms with van der Waals surface area (Å²) in [4.78, 5) is 21.5. The zero-order chi connectivity index (χ0) is 7.56. The lowest BCUT2D eigenvalue weighted by Crippen LogP contribution is -2.11. The highest BCUT2D eigenvalue weighted by molar-refractivity contribution is 6.28. The van der Waals surface area contributed by atoms with Gasteiger partial charge >= 0.3 is 11.7 Å². The van der Waals surface area contributed by atoms with E-state index in [0.29, 0.717) is 0 Å². The maximum Gasteiger partial charge on any atom is 0.367 e. The molecule has 0 bridgehead atoms. The van der Waals surface area contributed by atoms with Gasteiger partial charge in [0.05, 0.1) is 0 Å². The summed E-state index contributed by atoms with van der Waals surface area (Å²) < 4.78 is 11.2. The summed E-state index contributed by atoms with van der Waals surface area (Å²) in [5, 5.41) is -0.271. The molecule has 0 aliphatic rings. The Bertz CT molecular complexity index is 287. The van der Waals surface area contributed by atoms with Crippen molar-refractivity contribution in [1.82, 2.24) is 15.0 Å². The average molecular weight is 166 g/mol. The minimum Gasteiger partial charge on any atom is -0.280 e. The van der Waals surface area contributed by atoms with Crippen molar-refractivity contribution in [1.29, 1.82) is 0 Å². The Morgan fingerprint density at radius 1 is 1.60 bits per heavy atom. The first-order valence-electron chi connectivity index (χ1n) is 2.15. The maximum atomic E-state index is 11.2. The quantitative estimate of drug-likeness (QED) is 0.640. The Balaban J connectivity index is 3.19. The van der Waals surface area contributed by atoms with E-state index < -0.39 is 11.7 Å². The van der Waals surface area contributed by atoms with E-state index in [1.807, 2.05) is 4.98 Å². The smallest absolute Gasteiger partial charge is 0.280 e. The van der Waals surface area contributed by atoms with Crippen LogP contribution in [0.2, 0.25) is 5.28 Å². The summed E-state index contributed by atoms with van der Waals surface area (Å²) >= 11 is 5.18. The van der Waals surface area contributed by atoms with Gasteiger partial charge in [-0.2, -0.15) is 4.98 Å². The Labute approximate surface area is 58.7 Å². The number of nitrogens with zero attached hydrogens (tertiary/aromatic N) is 2. The highest BCUT2D eigenvalue weighted by atomic mass is 35.5. The number of aromatic amines is 1. The standard InChI is InChI=1S/C3HClFN3O2/c4-1-6-2(9)8-3(7-1)10-5/h(H,6,7,8,9). The number of halogens is 2. The highest BCUT2D eigenvalue weighted by Gasteiger charge is 2.00. The summed E-state index contributed by atoms with van der Waals surface area (Å²) in [7, 11) is 0. The van der Waals surface area contributed by atoms with Crippen molar-refractivity contribution >= 4 is 11.6 Å². The van der Waals surface area contributed by atoms with Gasteiger partial charge in [0.1, 0.15) is 0 Å². The summed E-state index contributed by atoms with van der Waals surface area (Å²) in [6.45, 7) is 0. The second-order valence-corrected chi connectivity index (χ2v) is 1.66. The van der Waals surface area contributed by atoms with E-state index in [2.05, 4.69) is 14.9 Å². The van der Waals surface area contributed by atoms with Gasteiger partial charge in [-0.05, 0) is 11.6 Å². The van der Waals surface area contributed by atoms with Crippen LogP contribution in [0.3, 0.4) is 0 Å². The molecule has 0 amide bonds. The minimum atomic E-state index is -0.812. The van der Waals surface area contributed by atoms with E-state index in [4.69, 9.17) is 11.6 Å². The van der Waals surface area contributed by atoms with Crippen molar-refractivity contribution in [3.63, 3.8) is 0 Å². The van der Waals surface area contributed by atoms with E-state index in [-0.39, 0.29) is 5.28 Å². The third-order valence-electron chi connectivity index (χ3n) is 0.670. The molecule has 0 saturated carbocycles. The molecular formula is C3HClFN3O2. The monoisotopic (exact) mass is 165 g/mol. The van der Waals surface area contributed by atoms with E-state index in [0.717, 1.165) is 0 Å². The number of nitrogens with one attached hydrogen (secondary N) is 1. The zero-order valence-electron chi connectivity index (χ0n) is 4.47. The lowest BCUT2D eigenvalue weighted by Gasteiger charge is -1.89. The molecule has 0 aliphatic carbocycles. The normalized spacial score (nSPS) is 9.40. The summed E-state index contributed by atoms with van der Waals surface area (Å²) in [5.41, 5.74) is -0.812. The van der Waals surface area contributed by atoms with Crippen LogP contribution in [-0.2, 0) is 0 Å². The fourth-order valence-electron chi connectivity index (χ4n) is 0.374. The third-order valence-corrected chi connectivity index (χ3v) is 0.849. The second kappa shape index (κ2) is 2.61. The molecule has 0 atom stereocenters. The van der Waals surface area contributed by atoms with Crippen molar-refractivity contribution < 1.29 is 9.47 Å². The summed E-state index contributed by atoms with van der Waals surface area (Å²) in [6.07, 6.45) is 0. The SMILES string of the molecule is O=c1nc(OF)nc(Cl)[nH]1. The van der Waals surface area contributed by atoms with Gasteiger partial charge in [0, 0.05) is 4.53 Å². The van der Waals surface area contributed by atoms with E-state index in [1.165, 1.54) is 0 Å². The van der Waals surface area contributed by atoms with Gasteiger partial charge in [0.25, 0.3) is 0 Å². The number of hydrogen-bond donors (Lipinski definition) is 1. The Morgan fingerprint density at radius 3 is 2.80 bits per heavy atom. The fourth-order valence-corrected chi connectivity index (χ4v) is 0.528. The topological polar surface area (TPSA) is 67.9 Å². The number of H-pyrrole nitrogens is 1. The lowest BCUT2D eigenvalue weighted by atomic mass is 11.0. The van der Waals surface area contributed by atoms with Crippen LogP contribution in [0.1, 0.15) is 0 Å². The first-order chi connectivity index (χ1) is 4.72. The van der Waals surface area contributed by atoms with Crippen molar-refractivity contribution in [2.45, 2.75) is 0 Å². The van der Waals surface area contributed by atoms with Gasteiger partial charge in [-0.3, -0.25) is 9.93 Å². The summed E-state index contributed by atoms with van der Waals surface area (Å²) in [6, 6.07) is -0.700. The number of hydrogen-bond acceptors (Lipinski definition) is 4. The molecule has 0 saturated heterocycles. The van der Waals surface area contributed by atoms with Gasteiger partial charge in [0.2, 0.25) is 5.28 Å². The first kappa shape index (κ1) is 6.94. The Kier molecular flexibility index (Phi) is 1.81. The lowest BCUT2D eigenvalue weighted by molar-refractivity contribution is -0.0184. The van der Waals surface area contributed by atoms with Crippen molar-refractivity contribution in [3.8, 4) is 6.01 Å². The molecule has 0 fully saturated rings. The molecule has 0 spiro atoms. The number of aromatic nitrogens is 3. The molecular weight excluding hydrogens is 165 g/mol. The molecule has 0 unspecified atom stereocenters. The van der Waals surface area contributed by atoms with Crippen molar-refractivity contribution in [3.05, 3.63) is 15.8 Å². The molecule has 7 heteroatoms. The first-order valence-corrected chi connectivity index (χ1v) is 2.52. The molecule has 5 nitrogen and oxygen atoms in total. The van der Waals surface area contributed by atoms with Gasteiger partial charge in [0.15, 0.2) is 0 Å². The predicted molar refractivity (Wildman–Crippen MR) is 29.4 cm³/mol. The average Bonchev–Trinajstić information content (AvgIpc) is 1.85. The molecule has 0 aromatic carbocycles. The molecule has 1 N–H and O–H groups in total. The van der Waals surface area contributed by atoms with Crippen LogP contribution < -0.4 is 10.6 Å². The van der Waals surface area contributed by atoms with Crippen LogP contribution in [-0.4, -0.2) is 15.0 Å². The van der Waals surface area contributed by atoms with Crippen LogP contribution in [0.15, 0.2) is 4.79 Å². The largest absolute Gasteiger partial charge is 0.367 e. The van der Waals surface area contributed by atoms with Crippen LogP contribution in [0.4, 0.5) is 4.53 Å². The molecule has 1 rings (SSSR count). The van der Waals surface area contributed by atoms with Gasteiger partial charge in [-0.25, -0.2) is 4.79 Å². The van der Waals surface area contributed by atoms with E-state index >= 15 is 0 Å². The van der Waals surface area contributed by atoms with Crippen LogP contribution in [0, 0.1) is 0 Å². The van der Waals surface area contributed by atoms with Crippen LogP contribution in [0.5, 0.6) is 6.01 Å².